The highest BCUT2D eigenvalue weighted by atomic mass is 127. The van der Waals surface area contributed by atoms with Gasteiger partial charge in [0.1, 0.15) is 0 Å². The lowest BCUT2D eigenvalue weighted by Crippen LogP contribution is -2.14. The summed E-state index contributed by atoms with van der Waals surface area (Å²) in [6.07, 6.45) is 8.59. The van der Waals surface area contributed by atoms with Crippen LogP contribution >= 0.6 is 22.6 Å². The molecular formula is C13H21IN2O. The molecule has 1 saturated carbocycles. The second kappa shape index (κ2) is 6.18. The highest BCUT2D eigenvalue weighted by Gasteiger charge is 2.21. The Morgan fingerprint density at radius 2 is 2.24 bits per heavy atom. The first-order chi connectivity index (χ1) is 8.22. The number of nitrogens with zero attached hydrogens (tertiary/aromatic N) is 2. The van der Waals surface area contributed by atoms with Crippen LogP contribution in [0.2, 0.25) is 0 Å². The van der Waals surface area contributed by atoms with Crippen LogP contribution in [0.5, 0.6) is 0 Å². The summed E-state index contributed by atoms with van der Waals surface area (Å²) in [6.45, 7) is 4.98. The van der Waals surface area contributed by atoms with Crippen molar-refractivity contribution < 1.29 is 4.74 Å². The van der Waals surface area contributed by atoms with Gasteiger partial charge < -0.3 is 4.74 Å². The normalized spacial score (nSPS) is 18.8. The van der Waals surface area contributed by atoms with Crippen LogP contribution in [0.25, 0.3) is 0 Å². The van der Waals surface area contributed by atoms with Gasteiger partial charge in [-0.3, -0.25) is 4.68 Å². The van der Waals surface area contributed by atoms with Gasteiger partial charge >= 0.3 is 0 Å². The van der Waals surface area contributed by atoms with Gasteiger partial charge in [0.05, 0.1) is 34.2 Å². The zero-order chi connectivity index (χ0) is 12.3. The number of hydrogen-bond donors (Lipinski definition) is 0. The largest absolute Gasteiger partial charge is 0.372 e. The minimum atomic E-state index is 0.331. The second-order valence-electron chi connectivity index (χ2n) is 4.85. The number of halogens is 1. The van der Waals surface area contributed by atoms with E-state index >= 15 is 0 Å². The maximum atomic E-state index is 5.85. The third kappa shape index (κ3) is 3.22. The first kappa shape index (κ1) is 13.3. The third-order valence-electron chi connectivity index (χ3n) is 3.60. The second-order valence-corrected chi connectivity index (χ2v) is 6.01. The Kier molecular flexibility index (Phi) is 4.85. The first-order valence-corrected chi connectivity index (χ1v) is 7.63. The molecule has 3 nitrogen and oxygen atoms in total. The summed E-state index contributed by atoms with van der Waals surface area (Å²) in [4.78, 5) is 0. The maximum Gasteiger partial charge on any atom is 0.0899 e. The molecule has 1 heterocycles. The first-order valence-electron chi connectivity index (χ1n) is 6.55. The molecule has 1 aromatic rings. The Morgan fingerprint density at radius 3 is 2.88 bits per heavy atom. The van der Waals surface area contributed by atoms with Crippen molar-refractivity contribution in [1.82, 2.24) is 9.78 Å². The predicted molar refractivity (Wildman–Crippen MR) is 77.0 cm³/mol. The summed E-state index contributed by atoms with van der Waals surface area (Å²) < 4.78 is 9.29. The van der Waals surface area contributed by atoms with Gasteiger partial charge in [0.2, 0.25) is 0 Å². The average molecular weight is 348 g/mol. The lowest BCUT2D eigenvalue weighted by molar-refractivity contribution is 0.0454. The van der Waals surface area contributed by atoms with Crippen LogP contribution in [0, 0.1) is 3.57 Å². The third-order valence-corrected chi connectivity index (χ3v) is 4.50. The van der Waals surface area contributed by atoms with Gasteiger partial charge in [-0.15, -0.1) is 0 Å². The number of rotatable bonds is 5. The van der Waals surface area contributed by atoms with E-state index in [1.54, 1.807) is 0 Å². The van der Waals surface area contributed by atoms with E-state index in [4.69, 9.17) is 4.74 Å². The van der Waals surface area contributed by atoms with Crippen molar-refractivity contribution in [2.24, 2.45) is 0 Å². The van der Waals surface area contributed by atoms with Crippen molar-refractivity contribution in [2.75, 3.05) is 0 Å². The summed E-state index contributed by atoms with van der Waals surface area (Å²) in [5.41, 5.74) is 1.26. The minimum Gasteiger partial charge on any atom is -0.372 e. The molecule has 0 saturated heterocycles. The predicted octanol–water partition coefficient (Wildman–Crippen LogP) is 3.92. The molecule has 17 heavy (non-hydrogen) atoms. The molecule has 4 heteroatoms. The molecule has 0 spiro atoms. The van der Waals surface area contributed by atoms with Crippen LogP contribution < -0.4 is 0 Å². The lowest BCUT2D eigenvalue weighted by Gasteiger charge is -2.16. The van der Waals surface area contributed by atoms with Crippen molar-refractivity contribution in [2.45, 2.75) is 64.7 Å². The SMILES string of the molecule is CCC(C)OCc1c(I)cnn1C1CCCC1. The van der Waals surface area contributed by atoms with Crippen molar-refractivity contribution in [1.29, 1.82) is 0 Å². The van der Waals surface area contributed by atoms with Crippen LogP contribution in [0.15, 0.2) is 6.20 Å². The molecule has 1 aliphatic carbocycles. The number of aromatic nitrogens is 2. The summed E-state index contributed by atoms with van der Waals surface area (Å²) in [5.74, 6) is 0. The van der Waals surface area contributed by atoms with Crippen molar-refractivity contribution in [3.8, 4) is 0 Å². The molecule has 0 bridgehead atoms. The van der Waals surface area contributed by atoms with Gasteiger partial charge in [0.25, 0.3) is 0 Å². The zero-order valence-corrected chi connectivity index (χ0v) is 12.8. The van der Waals surface area contributed by atoms with E-state index in [-0.39, 0.29) is 0 Å². The zero-order valence-electron chi connectivity index (χ0n) is 10.7. The average Bonchev–Trinajstić information content (AvgIpc) is 2.95. The van der Waals surface area contributed by atoms with Crippen molar-refractivity contribution >= 4 is 22.6 Å². The molecule has 0 N–H and O–H groups in total. The Balaban J connectivity index is 2.06. The Labute approximate surface area is 117 Å². The fourth-order valence-corrected chi connectivity index (χ4v) is 2.83. The van der Waals surface area contributed by atoms with E-state index in [1.807, 2.05) is 6.20 Å². The van der Waals surface area contributed by atoms with Crippen LogP contribution in [0.1, 0.15) is 57.7 Å². The van der Waals surface area contributed by atoms with E-state index in [1.165, 1.54) is 34.9 Å². The van der Waals surface area contributed by atoms with Crippen LogP contribution in [-0.4, -0.2) is 15.9 Å². The molecule has 1 aliphatic rings. The summed E-state index contributed by atoms with van der Waals surface area (Å²) in [5, 5.41) is 4.53. The van der Waals surface area contributed by atoms with Gasteiger partial charge in [-0.1, -0.05) is 19.8 Å². The highest BCUT2D eigenvalue weighted by molar-refractivity contribution is 14.1. The fourth-order valence-electron chi connectivity index (χ4n) is 2.30. The Bertz CT molecular complexity index is 358. The van der Waals surface area contributed by atoms with Crippen LogP contribution in [0.4, 0.5) is 0 Å². The molecule has 0 amide bonds. The molecular weight excluding hydrogens is 327 g/mol. The van der Waals surface area contributed by atoms with E-state index in [0.29, 0.717) is 18.8 Å². The van der Waals surface area contributed by atoms with Crippen LogP contribution in [0.3, 0.4) is 0 Å². The minimum absolute atomic E-state index is 0.331. The standard InChI is InChI=1S/C13H21IN2O/c1-3-10(2)17-9-13-12(14)8-15-16(13)11-6-4-5-7-11/h8,10-11H,3-7,9H2,1-2H3. The molecule has 1 unspecified atom stereocenters. The van der Waals surface area contributed by atoms with E-state index in [2.05, 4.69) is 46.2 Å². The van der Waals surface area contributed by atoms with Gasteiger partial charge in [0, 0.05) is 0 Å². The van der Waals surface area contributed by atoms with Crippen molar-refractivity contribution in [3.05, 3.63) is 15.5 Å². The topological polar surface area (TPSA) is 27.1 Å². The molecule has 1 fully saturated rings. The summed E-state index contributed by atoms with van der Waals surface area (Å²) in [7, 11) is 0. The monoisotopic (exact) mass is 348 g/mol. The maximum absolute atomic E-state index is 5.85. The van der Waals surface area contributed by atoms with Crippen molar-refractivity contribution in [3.63, 3.8) is 0 Å². The van der Waals surface area contributed by atoms with E-state index in [9.17, 15) is 0 Å². The number of hydrogen-bond acceptors (Lipinski definition) is 2. The quantitative estimate of drug-likeness (QED) is 0.755. The molecule has 1 aromatic heterocycles. The van der Waals surface area contributed by atoms with Gasteiger partial charge in [-0.2, -0.15) is 5.10 Å². The Hall–Kier alpha value is -0.100. The van der Waals surface area contributed by atoms with Gasteiger partial charge in [-0.25, -0.2) is 0 Å². The van der Waals surface area contributed by atoms with E-state index < -0.39 is 0 Å². The molecule has 96 valence electrons. The molecule has 1 atom stereocenters. The molecule has 0 aromatic carbocycles. The molecule has 0 radical (unpaired) electrons. The molecule has 0 aliphatic heterocycles. The number of ether oxygens (including phenoxy) is 1. The lowest BCUT2D eigenvalue weighted by atomic mass is 10.2. The molecule has 2 rings (SSSR count). The smallest absolute Gasteiger partial charge is 0.0899 e. The van der Waals surface area contributed by atoms with E-state index in [0.717, 1.165) is 6.42 Å². The van der Waals surface area contributed by atoms with Crippen LogP contribution in [-0.2, 0) is 11.3 Å². The fraction of sp³-hybridized carbons (Fsp3) is 0.769. The Morgan fingerprint density at radius 1 is 1.53 bits per heavy atom. The van der Waals surface area contributed by atoms with Gasteiger partial charge in [-0.05, 0) is 48.8 Å². The summed E-state index contributed by atoms with van der Waals surface area (Å²) in [6, 6.07) is 0.606. The summed E-state index contributed by atoms with van der Waals surface area (Å²) >= 11 is 2.36. The van der Waals surface area contributed by atoms with Gasteiger partial charge in [0.15, 0.2) is 0 Å². The highest BCUT2D eigenvalue weighted by Crippen LogP contribution is 2.31.